The van der Waals surface area contributed by atoms with Crippen LogP contribution in [0.5, 0.6) is 0 Å². The summed E-state index contributed by atoms with van der Waals surface area (Å²) in [6, 6.07) is 1.05. The lowest BCUT2D eigenvalue weighted by molar-refractivity contribution is 0.324. The van der Waals surface area contributed by atoms with Gasteiger partial charge in [-0.15, -0.1) is 0 Å². The molecule has 86 valence electrons. The summed E-state index contributed by atoms with van der Waals surface area (Å²) in [6.45, 7) is 2.19. The van der Waals surface area contributed by atoms with Crippen LogP contribution < -0.4 is 5.32 Å². The van der Waals surface area contributed by atoms with Gasteiger partial charge in [0.1, 0.15) is 0 Å². The third-order valence-corrected chi connectivity index (χ3v) is 4.23. The summed E-state index contributed by atoms with van der Waals surface area (Å²) in [5, 5.41) is 3.72. The molecule has 3 heteroatoms. The van der Waals surface area contributed by atoms with Crippen LogP contribution in [0.15, 0.2) is 18.6 Å². The first-order chi connectivity index (χ1) is 7.83. The van der Waals surface area contributed by atoms with Gasteiger partial charge >= 0.3 is 0 Å². The van der Waals surface area contributed by atoms with Crippen LogP contribution in [0.1, 0.15) is 44.3 Å². The van der Waals surface area contributed by atoms with Crippen LogP contribution in [0, 0.1) is 11.8 Å². The van der Waals surface area contributed by atoms with E-state index < -0.39 is 0 Å². The highest BCUT2D eigenvalue weighted by Crippen LogP contribution is 2.44. The van der Waals surface area contributed by atoms with E-state index >= 15 is 0 Å². The Labute approximate surface area is 96.7 Å². The normalized spacial score (nSPS) is 34.2. The van der Waals surface area contributed by atoms with Crippen LogP contribution in [0.4, 0.5) is 0 Å². The summed E-state index contributed by atoms with van der Waals surface area (Å²) in [7, 11) is 0. The maximum absolute atomic E-state index is 4.36. The van der Waals surface area contributed by atoms with Gasteiger partial charge in [0.25, 0.3) is 0 Å². The van der Waals surface area contributed by atoms with Crippen molar-refractivity contribution in [3.63, 3.8) is 0 Å². The van der Waals surface area contributed by atoms with Crippen molar-refractivity contribution in [3.8, 4) is 0 Å². The van der Waals surface area contributed by atoms with Gasteiger partial charge in [-0.25, -0.2) is 0 Å². The Morgan fingerprint density at radius 2 is 2.25 bits per heavy atom. The lowest BCUT2D eigenvalue weighted by Crippen LogP contribution is -2.36. The first-order valence-electron chi connectivity index (χ1n) is 6.35. The summed E-state index contributed by atoms with van der Waals surface area (Å²) in [5.41, 5.74) is 1.06. The number of rotatable bonds is 3. The molecule has 3 nitrogen and oxygen atoms in total. The minimum Gasteiger partial charge on any atom is -0.306 e. The molecular weight excluding hydrogens is 198 g/mol. The molecule has 0 aromatic carbocycles. The first-order valence-corrected chi connectivity index (χ1v) is 6.35. The predicted octanol–water partition coefficient (Wildman–Crippen LogP) is 2.32. The van der Waals surface area contributed by atoms with Gasteiger partial charge in [0, 0.05) is 30.7 Å². The van der Waals surface area contributed by atoms with Gasteiger partial charge in [-0.3, -0.25) is 9.97 Å². The largest absolute Gasteiger partial charge is 0.306 e. The van der Waals surface area contributed by atoms with E-state index in [0.29, 0.717) is 6.04 Å². The smallest absolute Gasteiger partial charge is 0.0753 e. The van der Waals surface area contributed by atoms with Crippen LogP contribution in [-0.4, -0.2) is 16.0 Å². The van der Waals surface area contributed by atoms with E-state index in [4.69, 9.17) is 0 Å². The minimum atomic E-state index is 0.332. The van der Waals surface area contributed by atoms with Crippen LogP contribution in [-0.2, 0) is 0 Å². The number of hydrogen-bond acceptors (Lipinski definition) is 3. The average Bonchev–Trinajstić information content (AvgIpc) is 2.92. The summed E-state index contributed by atoms with van der Waals surface area (Å²) >= 11 is 0. The highest BCUT2D eigenvalue weighted by molar-refractivity contribution is 5.03. The number of hydrogen-bond donors (Lipinski definition) is 1. The van der Waals surface area contributed by atoms with Crippen LogP contribution in [0.2, 0.25) is 0 Å². The molecule has 1 aromatic rings. The van der Waals surface area contributed by atoms with Crippen molar-refractivity contribution in [2.75, 3.05) is 0 Å². The Hall–Kier alpha value is -0.960. The van der Waals surface area contributed by atoms with E-state index in [1.807, 2.05) is 6.20 Å². The van der Waals surface area contributed by atoms with Gasteiger partial charge in [0.2, 0.25) is 0 Å². The molecule has 2 bridgehead atoms. The minimum absolute atomic E-state index is 0.332. The van der Waals surface area contributed by atoms with Crippen molar-refractivity contribution in [1.29, 1.82) is 0 Å². The molecule has 1 heterocycles. The molecule has 0 radical (unpaired) electrons. The third kappa shape index (κ3) is 1.84. The molecule has 2 aliphatic carbocycles. The fraction of sp³-hybridized carbons (Fsp3) is 0.692. The van der Waals surface area contributed by atoms with Crippen LogP contribution in [0.25, 0.3) is 0 Å². The zero-order valence-corrected chi connectivity index (χ0v) is 9.76. The second-order valence-electron chi connectivity index (χ2n) is 5.30. The second-order valence-corrected chi connectivity index (χ2v) is 5.30. The maximum atomic E-state index is 4.36. The van der Waals surface area contributed by atoms with Crippen molar-refractivity contribution in [3.05, 3.63) is 24.3 Å². The van der Waals surface area contributed by atoms with Gasteiger partial charge in [0.05, 0.1) is 5.69 Å². The van der Waals surface area contributed by atoms with Gasteiger partial charge in [-0.05, 0) is 38.0 Å². The second kappa shape index (κ2) is 4.13. The zero-order valence-electron chi connectivity index (χ0n) is 9.76. The number of aromatic nitrogens is 2. The summed E-state index contributed by atoms with van der Waals surface area (Å²) in [4.78, 5) is 8.48. The van der Waals surface area contributed by atoms with Crippen molar-refractivity contribution >= 4 is 0 Å². The predicted molar refractivity (Wildman–Crippen MR) is 62.8 cm³/mol. The molecule has 3 rings (SSSR count). The van der Waals surface area contributed by atoms with Crippen molar-refractivity contribution < 1.29 is 0 Å². The van der Waals surface area contributed by atoms with Crippen LogP contribution in [0.3, 0.4) is 0 Å². The van der Waals surface area contributed by atoms with E-state index in [1.54, 1.807) is 12.4 Å². The van der Waals surface area contributed by atoms with Crippen molar-refractivity contribution in [2.24, 2.45) is 11.8 Å². The van der Waals surface area contributed by atoms with E-state index in [0.717, 1.165) is 23.6 Å². The quantitative estimate of drug-likeness (QED) is 0.844. The Morgan fingerprint density at radius 1 is 1.31 bits per heavy atom. The monoisotopic (exact) mass is 217 g/mol. The Bertz CT molecular complexity index is 351. The molecule has 1 aromatic heterocycles. The third-order valence-electron chi connectivity index (χ3n) is 4.23. The molecule has 0 saturated heterocycles. The highest BCUT2D eigenvalue weighted by Gasteiger charge is 2.39. The fourth-order valence-electron chi connectivity index (χ4n) is 3.39. The zero-order chi connectivity index (χ0) is 11.0. The van der Waals surface area contributed by atoms with Gasteiger partial charge in [-0.1, -0.05) is 6.42 Å². The van der Waals surface area contributed by atoms with Gasteiger partial charge < -0.3 is 5.32 Å². The Kier molecular flexibility index (Phi) is 2.64. The highest BCUT2D eigenvalue weighted by atomic mass is 15.0. The summed E-state index contributed by atoms with van der Waals surface area (Å²) in [5.74, 6) is 1.92. The first kappa shape index (κ1) is 10.2. The standard InChI is InChI=1S/C13H19N3/c1-9(13-8-14-4-5-15-13)16-12-7-10-2-3-11(12)6-10/h4-5,8-12,16H,2-3,6-7H2,1H3. The molecule has 2 fully saturated rings. The van der Waals surface area contributed by atoms with Gasteiger partial charge in [-0.2, -0.15) is 0 Å². The number of fused-ring (bicyclic) bond motifs is 2. The average molecular weight is 217 g/mol. The van der Waals surface area contributed by atoms with E-state index in [1.165, 1.54) is 25.7 Å². The van der Waals surface area contributed by atoms with E-state index in [9.17, 15) is 0 Å². The molecule has 2 saturated carbocycles. The number of nitrogens with one attached hydrogen (secondary N) is 1. The molecule has 16 heavy (non-hydrogen) atoms. The molecule has 4 atom stereocenters. The summed E-state index contributed by atoms with van der Waals surface area (Å²) < 4.78 is 0. The van der Waals surface area contributed by atoms with Gasteiger partial charge in [0.15, 0.2) is 0 Å². The van der Waals surface area contributed by atoms with Crippen molar-refractivity contribution in [1.82, 2.24) is 15.3 Å². The molecule has 0 amide bonds. The summed E-state index contributed by atoms with van der Waals surface area (Å²) in [6.07, 6.45) is 11.1. The SMILES string of the molecule is CC(NC1CC2CCC1C2)c1cnccn1. The lowest BCUT2D eigenvalue weighted by atomic mass is 9.94. The molecular formula is C13H19N3. The van der Waals surface area contributed by atoms with Crippen molar-refractivity contribution in [2.45, 2.75) is 44.7 Å². The van der Waals surface area contributed by atoms with E-state index in [-0.39, 0.29) is 0 Å². The topological polar surface area (TPSA) is 37.8 Å². The molecule has 0 spiro atoms. The molecule has 2 aliphatic rings. The fourth-order valence-corrected chi connectivity index (χ4v) is 3.39. The molecule has 0 aliphatic heterocycles. The molecule has 4 unspecified atom stereocenters. The molecule has 1 N–H and O–H groups in total. The maximum Gasteiger partial charge on any atom is 0.0753 e. The lowest BCUT2D eigenvalue weighted by Gasteiger charge is -2.26. The Balaban J connectivity index is 1.63. The Morgan fingerprint density at radius 3 is 2.88 bits per heavy atom. The van der Waals surface area contributed by atoms with Crippen LogP contribution >= 0.6 is 0 Å². The van der Waals surface area contributed by atoms with E-state index in [2.05, 4.69) is 22.2 Å². The number of nitrogens with zero attached hydrogens (tertiary/aromatic N) is 2.